The summed E-state index contributed by atoms with van der Waals surface area (Å²) >= 11 is 0. The first-order chi connectivity index (χ1) is 8.47. The Morgan fingerprint density at radius 2 is 1.78 bits per heavy atom. The molecule has 0 bridgehead atoms. The third-order valence-electron chi connectivity index (χ3n) is 3.53. The fourth-order valence-corrected chi connectivity index (χ4v) is 3.09. The number of hydrogen-bond acceptors (Lipinski definition) is 4. The maximum absolute atomic E-state index is 11.4. The second kappa shape index (κ2) is 7.43. The Morgan fingerprint density at radius 3 is 2.22 bits per heavy atom. The number of ether oxygens (including phenoxy) is 1. The van der Waals surface area contributed by atoms with E-state index in [4.69, 9.17) is 4.74 Å². The predicted octanol–water partition coefficient (Wildman–Crippen LogP) is 0.769. The van der Waals surface area contributed by atoms with E-state index in [-0.39, 0.29) is 6.10 Å². The first-order valence-corrected chi connectivity index (χ1v) is 8.61. The molecule has 0 spiro atoms. The summed E-state index contributed by atoms with van der Waals surface area (Å²) in [5.74, 6) is 0. The molecular formula is C12H26N2O3S. The summed E-state index contributed by atoms with van der Waals surface area (Å²) in [6.45, 7) is 9.27. The Labute approximate surface area is 111 Å². The molecule has 0 amide bonds. The van der Waals surface area contributed by atoms with Gasteiger partial charge in [0.05, 0.1) is 19.0 Å². The molecule has 0 saturated carbocycles. The molecule has 1 rings (SSSR count). The van der Waals surface area contributed by atoms with Crippen molar-refractivity contribution >= 4 is 10.0 Å². The minimum absolute atomic E-state index is 0.221. The minimum Gasteiger partial charge on any atom is -0.377 e. The molecule has 5 nitrogen and oxygen atoms in total. The van der Waals surface area contributed by atoms with Crippen LogP contribution in [0.5, 0.6) is 0 Å². The highest BCUT2D eigenvalue weighted by Gasteiger charge is 2.25. The molecule has 0 atom stereocenters. The van der Waals surface area contributed by atoms with E-state index in [9.17, 15) is 8.42 Å². The van der Waals surface area contributed by atoms with Crippen molar-refractivity contribution in [2.24, 2.45) is 0 Å². The second-order valence-corrected chi connectivity index (χ2v) is 6.74. The lowest BCUT2D eigenvalue weighted by Crippen LogP contribution is -2.40. The molecule has 0 unspecified atom stereocenters. The van der Waals surface area contributed by atoms with Crippen LogP contribution in [0.1, 0.15) is 26.7 Å². The van der Waals surface area contributed by atoms with E-state index in [0.29, 0.717) is 13.1 Å². The smallest absolute Gasteiger partial charge is 0.211 e. The van der Waals surface area contributed by atoms with Gasteiger partial charge in [0.2, 0.25) is 10.0 Å². The molecule has 18 heavy (non-hydrogen) atoms. The summed E-state index contributed by atoms with van der Waals surface area (Å²) in [4.78, 5) is 2.33. The maximum Gasteiger partial charge on any atom is 0.211 e. The number of hydrogen-bond donors (Lipinski definition) is 0. The molecule has 1 fully saturated rings. The third kappa shape index (κ3) is 5.22. The molecule has 0 aliphatic carbocycles. The second-order valence-electron chi connectivity index (χ2n) is 4.76. The average molecular weight is 278 g/mol. The number of sulfonamides is 1. The number of rotatable bonds is 7. The van der Waals surface area contributed by atoms with Crippen LogP contribution < -0.4 is 0 Å². The van der Waals surface area contributed by atoms with Crippen molar-refractivity contribution in [1.82, 2.24) is 9.21 Å². The Hall–Kier alpha value is -0.170. The van der Waals surface area contributed by atoms with E-state index in [1.54, 1.807) is 0 Å². The summed E-state index contributed by atoms with van der Waals surface area (Å²) in [6, 6.07) is 0. The van der Waals surface area contributed by atoms with Gasteiger partial charge in [-0.25, -0.2) is 12.7 Å². The van der Waals surface area contributed by atoms with Crippen molar-refractivity contribution in [3.8, 4) is 0 Å². The van der Waals surface area contributed by atoms with Crippen molar-refractivity contribution in [3.63, 3.8) is 0 Å². The lowest BCUT2D eigenvalue weighted by Gasteiger charge is -2.30. The molecule has 0 aromatic heterocycles. The Morgan fingerprint density at radius 1 is 1.22 bits per heavy atom. The largest absolute Gasteiger partial charge is 0.377 e. The fraction of sp³-hybridized carbons (Fsp3) is 1.00. The standard InChI is InChI=1S/C12H26N2O3S/c1-4-13(5-2)10-11-17-12-6-8-14(9-7-12)18(3,15)16/h12H,4-11H2,1-3H3. The van der Waals surface area contributed by atoms with E-state index >= 15 is 0 Å². The van der Waals surface area contributed by atoms with Crippen LogP contribution in [-0.2, 0) is 14.8 Å². The van der Waals surface area contributed by atoms with Gasteiger partial charge in [0.15, 0.2) is 0 Å². The summed E-state index contributed by atoms with van der Waals surface area (Å²) < 4.78 is 30.1. The van der Waals surface area contributed by atoms with Crippen LogP contribution >= 0.6 is 0 Å². The Kier molecular flexibility index (Phi) is 6.55. The Balaban J connectivity index is 2.20. The SMILES string of the molecule is CCN(CC)CCOC1CCN(S(C)(=O)=O)CC1. The zero-order valence-corrected chi connectivity index (χ0v) is 12.6. The van der Waals surface area contributed by atoms with E-state index in [0.717, 1.165) is 39.1 Å². The molecule has 1 aliphatic heterocycles. The molecule has 0 aromatic carbocycles. The van der Waals surface area contributed by atoms with Crippen molar-refractivity contribution < 1.29 is 13.2 Å². The molecule has 6 heteroatoms. The highest BCUT2D eigenvalue weighted by molar-refractivity contribution is 7.88. The number of nitrogens with zero attached hydrogens (tertiary/aromatic N) is 2. The van der Waals surface area contributed by atoms with Crippen LogP contribution in [-0.4, -0.2) is 69.3 Å². The van der Waals surface area contributed by atoms with Gasteiger partial charge < -0.3 is 9.64 Å². The quantitative estimate of drug-likeness (QED) is 0.690. The highest BCUT2D eigenvalue weighted by Crippen LogP contribution is 2.15. The van der Waals surface area contributed by atoms with E-state index in [1.165, 1.54) is 10.6 Å². The lowest BCUT2D eigenvalue weighted by molar-refractivity contribution is 0.0112. The molecule has 0 radical (unpaired) electrons. The summed E-state index contributed by atoms with van der Waals surface area (Å²) in [5.41, 5.74) is 0. The first kappa shape index (κ1) is 15.9. The van der Waals surface area contributed by atoms with Gasteiger partial charge in [-0.2, -0.15) is 0 Å². The minimum atomic E-state index is -3.02. The zero-order valence-electron chi connectivity index (χ0n) is 11.8. The van der Waals surface area contributed by atoms with Crippen molar-refractivity contribution in [2.45, 2.75) is 32.8 Å². The van der Waals surface area contributed by atoms with Gasteiger partial charge in [0, 0.05) is 19.6 Å². The molecule has 0 aromatic rings. The van der Waals surface area contributed by atoms with Crippen LogP contribution in [0, 0.1) is 0 Å². The average Bonchev–Trinajstić information content (AvgIpc) is 2.34. The van der Waals surface area contributed by atoms with Crippen LogP contribution in [0.25, 0.3) is 0 Å². The molecule has 1 aliphatic rings. The fourth-order valence-electron chi connectivity index (χ4n) is 2.22. The lowest BCUT2D eigenvalue weighted by atomic mass is 10.1. The summed E-state index contributed by atoms with van der Waals surface area (Å²) in [7, 11) is -3.02. The molecule has 1 saturated heterocycles. The van der Waals surface area contributed by atoms with Crippen LogP contribution in [0.15, 0.2) is 0 Å². The molecule has 1 heterocycles. The maximum atomic E-state index is 11.4. The third-order valence-corrected chi connectivity index (χ3v) is 4.83. The predicted molar refractivity (Wildman–Crippen MR) is 73.2 cm³/mol. The van der Waals surface area contributed by atoms with Crippen molar-refractivity contribution in [1.29, 1.82) is 0 Å². The van der Waals surface area contributed by atoms with Crippen molar-refractivity contribution in [2.75, 3.05) is 45.6 Å². The van der Waals surface area contributed by atoms with Gasteiger partial charge in [-0.3, -0.25) is 0 Å². The molecular weight excluding hydrogens is 252 g/mol. The van der Waals surface area contributed by atoms with Gasteiger partial charge >= 0.3 is 0 Å². The van der Waals surface area contributed by atoms with Crippen LogP contribution in [0.2, 0.25) is 0 Å². The highest BCUT2D eigenvalue weighted by atomic mass is 32.2. The Bertz CT molecular complexity index is 320. The van der Waals surface area contributed by atoms with Gasteiger partial charge in [-0.05, 0) is 25.9 Å². The summed E-state index contributed by atoms with van der Waals surface area (Å²) in [6.07, 6.45) is 3.11. The van der Waals surface area contributed by atoms with Crippen LogP contribution in [0.3, 0.4) is 0 Å². The van der Waals surface area contributed by atoms with Gasteiger partial charge in [0.1, 0.15) is 0 Å². The normalized spacial score (nSPS) is 19.6. The van der Waals surface area contributed by atoms with Gasteiger partial charge in [-0.15, -0.1) is 0 Å². The van der Waals surface area contributed by atoms with Gasteiger partial charge in [-0.1, -0.05) is 13.8 Å². The van der Waals surface area contributed by atoms with E-state index < -0.39 is 10.0 Å². The topological polar surface area (TPSA) is 49.9 Å². The number of likely N-dealkylation sites (N-methyl/N-ethyl adjacent to an activating group) is 1. The monoisotopic (exact) mass is 278 g/mol. The van der Waals surface area contributed by atoms with E-state index in [1.807, 2.05) is 0 Å². The number of piperidine rings is 1. The van der Waals surface area contributed by atoms with Gasteiger partial charge in [0.25, 0.3) is 0 Å². The van der Waals surface area contributed by atoms with Crippen LogP contribution in [0.4, 0.5) is 0 Å². The van der Waals surface area contributed by atoms with E-state index in [2.05, 4.69) is 18.7 Å². The molecule has 0 N–H and O–H groups in total. The first-order valence-electron chi connectivity index (χ1n) is 6.76. The summed E-state index contributed by atoms with van der Waals surface area (Å²) in [5, 5.41) is 0. The molecule has 108 valence electrons. The zero-order chi connectivity index (χ0) is 13.6. The van der Waals surface area contributed by atoms with Crippen molar-refractivity contribution in [3.05, 3.63) is 0 Å².